The molecule has 134 valence electrons. The van der Waals surface area contributed by atoms with Gasteiger partial charge in [-0.1, -0.05) is 24.9 Å². The number of esters is 1. The number of carbonyl (C=O) groups excluding carboxylic acids is 1. The molecule has 0 bridgehead atoms. The summed E-state index contributed by atoms with van der Waals surface area (Å²) in [6, 6.07) is -0.0906. The van der Waals surface area contributed by atoms with Crippen LogP contribution >= 0.6 is 0 Å². The van der Waals surface area contributed by atoms with Gasteiger partial charge < -0.3 is 14.2 Å². The van der Waals surface area contributed by atoms with E-state index in [2.05, 4.69) is 16.9 Å². The molecule has 4 atom stereocenters. The van der Waals surface area contributed by atoms with E-state index < -0.39 is 5.79 Å². The van der Waals surface area contributed by atoms with Crippen molar-refractivity contribution in [2.75, 3.05) is 13.2 Å². The van der Waals surface area contributed by atoms with Gasteiger partial charge in [0.15, 0.2) is 5.79 Å². The van der Waals surface area contributed by atoms with Crippen LogP contribution in [0.5, 0.6) is 0 Å². The van der Waals surface area contributed by atoms with E-state index in [9.17, 15) is 4.79 Å². The molecule has 7 heteroatoms. The zero-order valence-electron chi connectivity index (χ0n) is 14.4. The number of ether oxygens (including phenoxy) is 3. The van der Waals surface area contributed by atoms with Gasteiger partial charge in [0.25, 0.3) is 0 Å². The number of rotatable bonds is 8. The molecule has 2 heterocycles. The average Bonchev–Trinajstić information content (AvgIpc) is 3.22. The third kappa shape index (κ3) is 3.68. The number of azide groups is 1. The third-order valence-corrected chi connectivity index (χ3v) is 5.71. The maximum absolute atomic E-state index is 11.6. The molecule has 0 aromatic rings. The Bertz CT molecular complexity index is 500. The Morgan fingerprint density at radius 3 is 2.79 bits per heavy atom. The first-order valence-corrected chi connectivity index (χ1v) is 9.19. The summed E-state index contributed by atoms with van der Waals surface area (Å²) in [6.07, 6.45) is 6.97. The molecule has 24 heavy (non-hydrogen) atoms. The van der Waals surface area contributed by atoms with Crippen LogP contribution in [0.25, 0.3) is 10.4 Å². The van der Waals surface area contributed by atoms with Crippen LogP contribution in [0, 0.1) is 11.8 Å². The molecule has 0 radical (unpaired) electrons. The van der Waals surface area contributed by atoms with E-state index in [0.717, 1.165) is 25.7 Å². The van der Waals surface area contributed by atoms with Gasteiger partial charge in [-0.15, -0.1) is 0 Å². The summed E-state index contributed by atoms with van der Waals surface area (Å²) >= 11 is 0. The second-order valence-electron chi connectivity index (χ2n) is 7.17. The lowest BCUT2D eigenvalue weighted by molar-refractivity contribution is -0.170. The number of hydrogen-bond donors (Lipinski definition) is 0. The van der Waals surface area contributed by atoms with Crippen LogP contribution in [0.3, 0.4) is 0 Å². The lowest BCUT2D eigenvalue weighted by atomic mass is 9.85. The largest absolute Gasteiger partial charge is 0.462 e. The Hall–Kier alpha value is -1.30. The smallest absolute Gasteiger partial charge is 0.306 e. The van der Waals surface area contributed by atoms with Crippen molar-refractivity contribution in [2.24, 2.45) is 17.0 Å². The second kappa shape index (κ2) is 7.72. The highest BCUT2D eigenvalue weighted by Crippen LogP contribution is 2.46. The molecule has 0 aromatic carbocycles. The van der Waals surface area contributed by atoms with Crippen molar-refractivity contribution in [3.63, 3.8) is 0 Å². The molecule has 3 fully saturated rings. The van der Waals surface area contributed by atoms with E-state index in [4.69, 9.17) is 19.7 Å². The molecule has 0 N–H and O–H groups in total. The van der Waals surface area contributed by atoms with Crippen molar-refractivity contribution in [3.8, 4) is 0 Å². The summed E-state index contributed by atoms with van der Waals surface area (Å²) in [4.78, 5) is 14.6. The topological polar surface area (TPSA) is 93.5 Å². The molecular weight excluding hydrogens is 310 g/mol. The Balaban J connectivity index is 1.63. The van der Waals surface area contributed by atoms with Crippen LogP contribution < -0.4 is 0 Å². The maximum atomic E-state index is 11.6. The van der Waals surface area contributed by atoms with E-state index in [0.29, 0.717) is 26.1 Å². The van der Waals surface area contributed by atoms with Gasteiger partial charge in [0.1, 0.15) is 6.10 Å². The first-order valence-electron chi connectivity index (χ1n) is 9.19. The predicted octanol–water partition coefficient (Wildman–Crippen LogP) is 3.72. The molecule has 2 saturated heterocycles. The van der Waals surface area contributed by atoms with Gasteiger partial charge in [0.2, 0.25) is 0 Å². The zero-order chi connectivity index (χ0) is 17.0. The Labute approximate surface area is 142 Å². The summed E-state index contributed by atoms with van der Waals surface area (Å²) in [7, 11) is 0. The molecule has 0 amide bonds. The van der Waals surface area contributed by atoms with E-state index in [1.807, 2.05) is 0 Å². The quantitative estimate of drug-likeness (QED) is 0.222. The summed E-state index contributed by atoms with van der Waals surface area (Å²) in [5.74, 6) is -0.270. The molecule has 1 saturated carbocycles. The number of unbranched alkanes of at least 4 members (excludes halogenated alkanes) is 2. The van der Waals surface area contributed by atoms with Crippen molar-refractivity contribution in [3.05, 3.63) is 10.4 Å². The minimum Gasteiger partial charge on any atom is -0.462 e. The van der Waals surface area contributed by atoms with Gasteiger partial charge in [-0.3, -0.25) is 4.79 Å². The highest BCUT2D eigenvalue weighted by molar-refractivity contribution is 5.72. The van der Waals surface area contributed by atoms with Crippen molar-refractivity contribution < 1.29 is 19.0 Å². The predicted molar refractivity (Wildman–Crippen MR) is 87.0 cm³/mol. The number of hydrogen-bond acceptors (Lipinski definition) is 5. The Kier molecular flexibility index (Phi) is 5.64. The standard InChI is InChI=1S/C17H27N3O4/c1-2-3-4-6-17(22-8-9-23-17)7-5-12-13-10-16(21)24-15(13)11-14(12)19-20-18/h12-15H,2-11H2,1H3/t12-,13-,14-,15?/m1/s1. The van der Waals surface area contributed by atoms with Gasteiger partial charge in [-0.2, -0.15) is 0 Å². The molecule has 3 rings (SSSR count). The SMILES string of the molecule is CCCCCC1(CC[C@H]2[C@H](N=[N+]=[N-])CC3OC(=O)C[C@@H]32)OCCO1. The fraction of sp³-hybridized carbons (Fsp3) is 0.941. The van der Waals surface area contributed by atoms with E-state index in [1.54, 1.807) is 0 Å². The van der Waals surface area contributed by atoms with Gasteiger partial charge in [-0.05, 0) is 30.7 Å². The lowest BCUT2D eigenvalue weighted by Crippen LogP contribution is -2.32. The molecule has 0 spiro atoms. The summed E-state index contributed by atoms with van der Waals surface area (Å²) < 4.78 is 17.3. The molecule has 1 aliphatic carbocycles. The molecular formula is C17H27N3O4. The maximum Gasteiger partial charge on any atom is 0.306 e. The Morgan fingerprint density at radius 1 is 1.29 bits per heavy atom. The molecule has 7 nitrogen and oxygen atoms in total. The monoisotopic (exact) mass is 337 g/mol. The summed E-state index contributed by atoms with van der Waals surface area (Å²) in [5.41, 5.74) is 8.83. The molecule has 0 aromatic heterocycles. The minimum atomic E-state index is -0.488. The first-order chi connectivity index (χ1) is 11.7. The van der Waals surface area contributed by atoms with E-state index >= 15 is 0 Å². The van der Waals surface area contributed by atoms with Crippen LogP contribution in [-0.4, -0.2) is 37.1 Å². The molecule has 3 aliphatic rings. The highest BCUT2D eigenvalue weighted by atomic mass is 16.7. The first kappa shape index (κ1) is 17.5. The minimum absolute atomic E-state index is 0.0838. The van der Waals surface area contributed by atoms with Gasteiger partial charge in [-0.25, -0.2) is 0 Å². The second-order valence-corrected chi connectivity index (χ2v) is 7.17. The normalized spacial score (nSPS) is 34.0. The van der Waals surface area contributed by atoms with Crippen LogP contribution in [-0.2, 0) is 19.0 Å². The molecule has 2 aliphatic heterocycles. The average molecular weight is 337 g/mol. The van der Waals surface area contributed by atoms with Crippen LogP contribution in [0.2, 0.25) is 0 Å². The summed E-state index contributed by atoms with van der Waals surface area (Å²) in [6.45, 7) is 3.47. The fourth-order valence-corrected chi connectivity index (χ4v) is 4.52. The van der Waals surface area contributed by atoms with Crippen molar-refractivity contribution >= 4 is 5.97 Å². The van der Waals surface area contributed by atoms with Gasteiger partial charge in [0, 0.05) is 29.7 Å². The number of fused-ring (bicyclic) bond motifs is 1. The Morgan fingerprint density at radius 2 is 2.08 bits per heavy atom. The van der Waals surface area contributed by atoms with Crippen LogP contribution in [0.1, 0.15) is 58.3 Å². The van der Waals surface area contributed by atoms with Crippen molar-refractivity contribution in [1.82, 2.24) is 0 Å². The highest BCUT2D eigenvalue weighted by Gasteiger charge is 2.50. The van der Waals surface area contributed by atoms with Gasteiger partial charge in [0.05, 0.1) is 19.6 Å². The van der Waals surface area contributed by atoms with Crippen molar-refractivity contribution in [2.45, 2.75) is 76.2 Å². The van der Waals surface area contributed by atoms with Gasteiger partial charge >= 0.3 is 5.97 Å². The third-order valence-electron chi connectivity index (χ3n) is 5.71. The molecule has 1 unspecified atom stereocenters. The van der Waals surface area contributed by atoms with Crippen LogP contribution in [0.4, 0.5) is 0 Å². The fourth-order valence-electron chi connectivity index (χ4n) is 4.52. The zero-order valence-corrected chi connectivity index (χ0v) is 14.4. The van der Waals surface area contributed by atoms with E-state index in [1.165, 1.54) is 12.8 Å². The summed E-state index contributed by atoms with van der Waals surface area (Å²) in [5, 5.41) is 3.96. The van der Waals surface area contributed by atoms with E-state index in [-0.39, 0.29) is 30.0 Å². The lowest BCUT2D eigenvalue weighted by Gasteiger charge is -2.30. The van der Waals surface area contributed by atoms with Crippen LogP contribution in [0.15, 0.2) is 5.11 Å². The number of nitrogens with zero attached hydrogens (tertiary/aromatic N) is 3. The van der Waals surface area contributed by atoms with Crippen molar-refractivity contribution in [1.29, 1.82) is 0 Å². The number of carbonyl (C=O) groups is 1.